The van der Waals surface area contributed by atoms with E-state index < -0.39 is 4.92 Å². The van der Waals surface area contributed by atoms with Crippen LogP contribution in [0.2, 0.25) is 0 Å². The molecule has 23 heavy (non-hydrogen) atoms. The predicted octanol–water partition coefficient (Wildman–Crippen LogP) is 2.77. The van der Waals surface area contributed by atoms with Gasteiger partial charge in [0.2, 0.25) is 0 Å². The fourth-order valence-electron chi connectivity index (χ4n) is 2.89. The number of rotatable bonds is 5. The Morgan fingerprint density at radius 2 is 2.35 bits per heavy atom. The van der Waals surface area contributed by atoms with Crippen molar-refractivity contribution in [3.8, 4) is 0 Å². The van der Waals surface area contributed by atoms with Crippen LogP contribution in [0.4, 0.5) is 10.1 Å². The third-order valence-corrected chi connectivity index (χ3v) is 4.96. The fraction of sp³-hybridized carbons (Fsp3) is 0.467. The van der Waals surface area contributed by atoms with Gasteiger partial charge in [0.25, 0.3) is 0 Å². The molecule has 1 aliphatic heterocycles. The number of hydrogen-bond donors (Lipinski definition) is 1. The zero-order valence-corrected chi connectivity index (χ0v) is 13.7. The molecule has 8 heteroatoms. The molecule has 3 heterocycles. The van der Waals surface area contributed by atoms with E-state index in [-0.39, 0.29) is 5.00 Å². The zero-order chi connectivity index (χ0) is 16.2. The SMILES string of the molecule is C[C@@H]1CN(Cc2ccccn2)CC[C@@H]1Nc1ncc([N+](=O)[O-])s1. The normalized spacial score (nSPS) is 22.0. The molecule has 2 aromatic heterocycles. The number of piperidine rings is 1. The molecular weight excluding hydrogens is 314 g/mol. The summed E-state index contributed by atoms with van der Waals surface area (Å²) in [5.41, 5.74) is 1.08. The highest BCUT2D eigenvalue weighted by atomic mass is 32.1. The van der Waals surface area contributed by atoms with Gasteiger partial charge in [-0.25, -0.2) is 4.98 Å². The highest BCUT2D eigenvalue weighted by Crippen LogP contribution is 2.28. The Bertz CT molecular complexity index is 663. The first kappa shape index (κ1) is 15.8. The molecule has 2 atom stereocenters. The van der Waals surface area contributed by atoms with Gasteiger partial charge in [-0.05, 0) is 35.8 Å². The van der Waals surface area contributed by atoms with Gasteiger partial charge < -0.3 is 5.32 Å². The van der Waals surface area contributed by atoms with Crippen molar-refractivity contribution >= 4 is 21.5 Å². The Hall–Kier alpha value is -2.06. The van der Waals surface area contributed by atoms with Gasteiger partial charge in [0.1, 0.15) is 6.20 Å². The van der Waals surface area contributed by atoms with E-state index in [1.54, 1.807) is 0 Å². The largest absolute Gasteiger partial charge is 0.358 e. The lowest BCUT2D eigenvalue weighted by Crippen LogP contribution is -2.44. The van der Waals surface area contributed by atoms with Crippen molar-refractivity contribution in [2.45, 2.75) is 25.9 Å². The maximum Gasteiger partial charge on any atom is 0.345 e. The second kappa shape index (κ2) is 7.01. The average Bonchev–Trinajstić information content (AvgIpc) is 3.00. The molecular formula is C15H19N5O2S. The number of anilines is 1. The molecule has 0 spiro atoms. The van der Waals surface area contributed by atoms with E-state index in [0.717, 1.165) is 43.1 Å². The topological polar surface area (TPSA) is 84.2 Å². The van der Waals surface area contributed by atoms with Crippen LogP contribution in [-0.2, 0) is 6.54 Å². The lowest BCUT2D eigenvalue weighted by molar-refractivity contribution is -0.380. The Morgan fingerprint density at radius 3 is 3.00 bits per heavy atom. The summed E-state index contributed by atoms with van der Waals surface area (Å²) in [7, 11) is 0. The number of thiazole rings is 1. The zero-order valence-electron chi connectivity index (χ0n) is 12.9. The van der Waals surface area contributed by atoms with Crippen LogP contribution >= 0.6 is 11.3 Å². The minimum absolute atomic E-state index is 0.0766. The van der Waals surface area contributed by atoms with E-state index >= 15 is 0 Å². The number of nitrogens with zero attached hydrogens (tertiary/aromatic N) is 4. The van der Waals surface area contributed by atoms with Gasteiger partial charge in [0.15, 0.2) is 5.13 Å². The minimum Gasteiger partial charge on any atom is -0.358 e. The first-order chi connectivity index (χ1) is 11.1. The average molecular weight is 333 g/mol. The van der Waals surface area contributed by atoms with Crippen molar-refractivity contribution in [3.63, 3.8) is 0 Å². The first-order valence-electron chi connectivity index (χ1n) is 7.61. The van der Waals surface area contributed by atoms with Crippen LogP contribution in [0.25, 0.3) is 0 Å². The van der Waals surface area contributed by atoms with Crippen LogP contribution in [0.5, 0.6) is 0 Å². The molecule has 0 aliphatic carbocycles. The van der Waals surface area contributed by atoms with Crippen LogP contribution in [0, 0.1) is 16.0 Å². The van der Waals surface area contributed by atoms with E-state index in [4.69, 9.17) is 0 Å². The summed E-state index contributed by atoms with van der Waals surface area (Å²) in [6.45, 7) is 5.01. The van der Waals surface area contributed by atoms with Crippen LogP contribution in [0.1, 0.15) is 19.0 Å². The molecule has 0 radical (unpaired) electrons. The Morgan fingerprint density at radius 1 is 1.48 bits per heavy atom. The third-order valence-electron chi connectivity index (χ3n) is 4.08. The number of nitro groups is 1. The van der Waals surface area contributed by atoms with Gasteiger partial charge in [-0.2, -0.15) is 0 Å². The summed E-state index contributed by atoms with van der Waals surface area (Å²) >= 11 is 1.10. The molecule has 0 amide bonds. The Kier molecular flexibility index (Phi) is 4.82. The summed E-state index contributed by atoms with van der Waals surface area (Å²) in [6.07, 6.45) is 4.12. The summed E-state index contributed by atoms with van der Waals surface area (Å²) in [5, 5.41) is 14.8. The van der Waals surface area contributed by atoms with Crippen LogP contribution < -0.4 is 5.32 Å². The molecule has 1 fully saturated rings. The van der Waals surface area contributed by atoms with Gasteiger partial charge in [0.05, 0.1) is 10.6 Å². The van der Waals surface area contributed by atoms with Crippen LogP contribution in [0.15, 0.2) is 30.6 Å². The maximum absolute atomic E-state index is 10.7. The summed E-state index contributed by atoms with van der Waals surface area (Å²) in [6, 6.07) is 6.27. The summed E-state index contributed by atoms with van der Waals surface area (Å²) < 4.78 is 0. The second-order valence-electron chi connectivity index (χ2n) is 5.83. The number of hydrogen-bond acceptors (Lipinski definition) is 7. The van der Waals surface area contributed by atoms with Crippen LogP contribution in [0.3, 0.4) is 0 Å². The van der Waals surface area contributed by atoms with E-state index in [1.165, 1.54) is 6.20 Å². The molecule has 122 valence electrons. The number of nitrogens with one attached hydrogen (secondary N) is 1. The Balaban J connectivity index is 1.55. The van der Waals surface area contributed by atoms with Crippen molar-refractivity contribution < 1.29 is 4.92 Å². The number of pyridine rings is 1. The molecule has 1 N–H and O–H groups in total. The third kappa shape index (κ3) is 4.02. The van der Waals surface area contributed by atoms with Gasteiger partial charge in [-0.15, -0.1) is 0 Å². The molecule has 0 saturated carbocycles. The van der Waals surface area contributed by atoms with E-state index in [0.29, 0.717) is 17.1 Å². The quantitative estimate of drug-likeness (QED) is 0.669. The van der Waals surface area contributed by atoms with E-state index in [2.05, 4.69) is 27.1 Å². The molecule has 1 saturated heterocycles. The van der Waals surface area contributed by atoms with Crippen molar-refractivity contribution in [2.24, 2.45) is 5.92 Å². The van der Waals surface area contributed by atoms with Crippen LogP contribution in [-0.4, -0.2) is 38.9 Å². The second-order valence-corrected chi connectivity index (χ2v) is 6.84. The highest BCUT2D eigenvalue weighted by Gasteiger charge is 2.27. The fourth-order valence-corrected chi connectivity index (χ4v) is 3.58. The molecule has 1 aliphatic rings. The molecule has 0 unspecified atom stereocenters. The standard InChI is InChI=1S/C15H19N5O2S/c1-11-9-19(10-12-4-2-3-6-16-12)7-5-13(11)18-15-17-8-14(23-15)20(21)22/h2-4,6,8,11,13H,5,7,9-10H2,1H3,(H,17,18)/t11-,13+/m1/s1. The van der Waals surface area contributed by atoms with Crippen molar-refractivity contribution in [1.29, 1.82) is 0 Å². The molecule has 0 bridgehead atoms. The molecule has 0 aromatic carbocycles. The summed E-state index contributed by atoms with van der Waals surface area (Å²) in [5.74, 6) is 0.440. The van der Waals surface area contributed by atoms with Gasteiger partial charge in [-0.3, -0.25) is 20.0 Å². The van der Waals surface area contributed by atoms with Gasteiger partial charge in [0, 0.05) is 31.9 Å². The van der Waals surface area contributed by atoms with Crippen molar-refractivity contribution in [3.05, 3.63) is 46.4 Å². The molecule has 2 aromatic rings. The van der Waals surface area contributed by atoms with Crippen molar-refractivity contribution in [1.82, 2.24) is 14.9 Å². The maximum atomic E-state index is 10.7. The molecule has 7 nitrogen and oxygen atoms in total. The lowest BCUT2D eigenvalue weighted by Gasteiger charge is -2.37. The van der Waals surface area contributed by atoms with E-state index in [1.807, 2.05) is 24.4 Å². The number of likely N-dealkylation sites (tertiary alicyclic amines) is 1. The number of aromatic nitrogens is 2. The highest BCUT2D eigenvalue weighted by molar-refractivity contribution is 7.18. The van der Waals surface area contributed by atoms with Crippen molar-refractivity contribution in [2.75, 3.05) is 18.4 Å². The smallest absolute Gasteiger partial charge is 0.345 e. The van der Waals surface area contributed by atoms with Gasteiger partial charge >= 0.3 is 5.00 Å². The first-order valence-corrected chi connectivity index (χ1v) is 8.42. The van der Waals surface area contributed by atoms with E-state index in [9.17, 15) is 10.1 Å². The Labute approximate surface area is 138 Å². The molecule has 3 rings (SSSR count). The lowest BCUT2D eigenvalue weighted by atomic mass is 9.94. The minimum atomic E-state index is -0.401. The monoisotopic (exact) mass is 333 g/mol. The predicted molar refractivity (Wildman–Crippen MR) is 89.5 cm³/mol. The van der Waals surface area contributed by atoms with Gasteiger partial charge in [-0.1, -0.05) is 13.0 Å². The summed E-state index contributed by atoms with van der Waals surface area (Å²) in [4.78, 5) is 21.2.